The van der Waals surface area contributed by atoms with Crippen LogP contribution in [0.1, 0.15) is 55.3 Å². The first-order valence-corrected chi connectivity index (χ1v) is 11.1. The Hall–Kier alpha value is -1.91. The molecule has 4 nitrogen and oxygen atoms in total. The third-order valence-corrected chi connectivity index (χ3v) is 8.30. The highest BCUT2D eigenvalue weighted by molar-refractivity contribution is 5.41. The topological polar surface area (TPSA) is 54.4 Å². The predicted molar refractivity (Wildman–Crippen MR) is 114 cm³/mol. The summed E-state index contributed by atoms with van der Waals surface area (Å²) < 4.78 is 5.44. The standard InChI is InChI=1S/C25H32N2O2/c1-25-22(10-11-23(25)27-15-17-5-3-4-12-26-17)20-8-6-16-13-18(29-2)7-9-19(16)21(20)14-24(25)28/h3-5,7,9,12-13,20-24,27-28H,6,8,10-11,14-15H2,1-2H3/t20-,21-,22+,23+,24-,25+/m1/s1. The molecule has 2 N–H and O–H groups in total. The molecule has 3 aliphatic rings. The molecule has 6 atom stereocenters. The number of ether oxygens (including phenoxy) is 1. The summed E-state index contributed by atoms with van der Waals surface area (Å²) in [5.41, 5.74) is 3.89. The average molecular weight is 393 g/mol. The number of fused-ring (bicyclic) bond motifs is 5. The molecular formula is C25H32N2O2. The van der Waals surface area contributed by atoms with Gasteiger partial charge < -0.3 is 15.2 Å². The van der Waals surface area contributed by atoms with E-state index in [9.17, 15) is 5.11 Å². The van der Waals surface area contributed by atoms with Gasteiger partial charge in [0.2, 0.25) is 0 Å². The van der Waals surface area contributed by atoms with Gasteiger partial charge in [0.1, 0.15) is 5.75 Å². The van der Waals surface area contributed by atoms with E-state index in [1.54, 1.807) is 7.11 Å². The average Bonchev–Trinajstić information content (AvgIpc) is 3.10. The molecule has 1 aromatic heterocycles. The summed E-state index contributed by atoms with van der Waals surface area (Å²) >= 11 is 0. The molecule has 5 rings (SSSR count). The summed E-state index contributed by atoms with van der Waals surface area (Å²) in [5, 5.41) is 15.1. The number of benzene rings is 1. The number of hydrogen-bond donors (Lipinski definition) is 2. The lowest BCUT2D eigenvalue weighted by Gasteiger charge is -2.53. The minimum Gasteiger partial charge on any atom is -0.497 e. The maximum Gasteiger partial charge on any atom is 0.119 e. The first kappa shape index (κ1) is 19.1. The van der Waals surface area contributed by atoms with Crippen molar-refractivity contribution in [3.8, 4) is 5.75 Å². The summed E-state index contributed by atoms with van der Waals surface area (Å²) in [5.74, 6) is 2.67. The van der Waals surface area contributed by atoms with E-state index in [0.717, 1.165) is 37.3 Å². The summed E-state index contributed by atoms with van der Waals surface area (Å²) in [7, 11) is 1.74. The van der Waals surface area contributed by atoms with E-state index in [1.165, 1.54) is 24.0 Å². The van der Waals surface area contributed by atoms with Gasteiger partial charge in [-0.3, -0.25) is 4.98 Å². The summed E-state index contributed by atoms with van der Waals surface area (Å²) in [6.07, 6.45) is 7.16. The van der Waals surface area contributed by atoms with Crippen molar-refractivity contribution in [1.82, 2.24) is 10.3 Å². The number of aliphatic hydroxyl groups excluding tert-OH is 1. The lowest BCUT2D eigenvalue weighted by Crippen LogP contribution is -2.56. The fourth-order valence-electron chi connectivity index (χ4n) is 6.75. The number of nitrogens with one attached hydrogen (secondary N) is 1. The molecule has 0 radical (unpaired) electrons. The van der Waals surface area contributed by atoms with Gasteiger partial charge in [-0.2, -0.15) is 0 Å². The number of methoxy groups -OCH3 is 1. The second-order valence-electron chi connectivity index (χ2n) is 9.43. The van der Waals surface area contributed by atoms with Crippen LogP contribution in [0.15, 0.2) is 42.6 Å². The molecule has 0 bridgehead atoms. The highest BCUT2D eigenvalue weighted by Gasteiger charge is 2.58. The summed E-state index contributed by atoms with van der Waals surface area (Å²) in [6, 6.07) is 13.0. The molecule has 0 saturated heterocycles. The Morgan fingerprint density at radius 1 is 1.21 bits per heavy atom. The smallest absolute Gasteiger partial charge is 0.119 e. The second-order valence-corrected chi connectivity index (χ2v) is 9.43. The van der Waals surface area contributed by atoms with Gasteiger partial charge in [0.15, 0.2) is 0 Å². The molecule has 0 spiro atoms. The van der Waals surface area contributed by atoms with Crippen LogP contribution in [0, 0.1) is 17.3 Å². The van der Waals surface area contributed by atoms with Crippen LogP contribution < -0.4 is 10.1 Å². The van der Waals surface area contributed by atoms with Crippen LogP contribution in [0.5, 0.6) is 5.75 Å². The molecule has 2 aromatic rings. The Balaban J connectivity index is 1.38. The Morgan fingerprint density at radius 2 is 2.10 bits per heavy atom. The molecule has 2 saturated carbocycles. The SMILES string of the molecule is COc1ccc2c(c1)CC[C@@H]1[C@@H]2C[C@@H](O)[C@]2(C)[C@@H](NCc3ccccn3)CC[C@@H]12. The lowest BCUT2D eigenvalue weighted by molar-refractivity contribution is -0.0787. The zero-order chi connectivity index (χ0) is 20.0. The van der Waals surface area contributed by atoms with Crippen LogP contribution in [0.4, 0.5) is 0 Å². The number of hydrogen-bond acceptors (Lipinski definition) is 4. The molecule has 4 heteroatoms. The molecule has 1 aromatic carbocycles. The van der Waals surface area contributed by atoms with E-state index in [2.05, 4.69) is 41.5 Å². The van der Waals surface area contributed by atoms with Gasteiger partial charge in [-0.05, 0) is 85.3 Å². The van der Waals surface area contributed by atoms with Gasteiger partial charge in [-0.25, -0.2) is 0 Å². The summed E-state index contributed by atoms with van der Waals surface area (Å²) in [6.45, 7) is 3.11. The second kappa shape index (κ2) is 7.41. The fraction of sp³-hybridized carbons (Fsp3) is 0.560. The van der Waals surface area contributed by atoms with Crippen molar-refractivity contribution in [2.24, 2.45) is 17.3 Å². The third-order valence-electron chi connectivity index (χ3n) is 8.30. The number of aryl methyl sites for hydroxylation is 1. The van der Waals surface area contributed by atoms with Crippen LogP contribution in [0.2, 0.25) is 0 Å². The van der Waals surface area contributed by atoms with Crippen LogP contribution in [0.3, 0.4) is 0 Å². The van der Waals surface area contributed by atoms with Crippen LogP contribution >= 0.6 is 0 Å². The van der Waals surface area contributed by atoms with Gasteiger partial charge in [0, 0.05) is 24.2 Å². The number of pyridine rings is 1. The van der Waals surface area contributed by atoms with Gasteiger partial charge in [0.05, 0.1) is 18.9 Å². The molecule has 154 valence electrons. The van der Waals surface area contributed by atoms with Crippen molar-refractivity contribution < 1.29 is 9.84 Å². The Bertz CT molecular complexity index is 870. The van der Waals surface area contributed by atoms with Crippen LogP contribution in [0.25, 0.3) is 0 Å². The van der Waals surface area contributed by atoms with E-state index < -0.39 is 0 Å². The monoisotopic (exact) mass is 392 g/mol. The number of aliphatic hydroxyl groups is 1. The fourth-order valence-corrected chi connectivity index (χ4v) is 6.75. The minimum absolute atomic E-state index is 0.0556. The highest BCUT2D eigenvalue weighted by Crippen LogP contribution is 2.61. The quantitative estimate of drug-likeness (QED) is 0.823. The number of rotatable bonds is 4. The normalized spacial score (nSPS) is 35.5. The van der Waals surface area contributed by atoms with E-state index in [4.69, 9.17) is 4.74 Å². The van der Waals surface area contributed by atoms with Crippen molar-refractivity contribution in [3.63, 3.8) is 0 Å². The zero-order valence-electron chi connectivity index (χ0n) is 17.5. The molecule has 2 fully saturated rings. The molecular weight excluding hydrogens is 360 g/mol. The highest BCUT2D eigenvalue weighted by atomic mass is 16.5. The predicted octanol–water partition coefficient (Wildman–Crippen LogP) is 4.08. The van der Waals surface area contributed by atoms with E-state index in [-0.39, 0.29) is 11.5 Å². The van der Waals surface area contributed by atoms with Gasteiger partial charge in [-0.1, -0.05) is 19.1 Å². The van der Waals surface area contributed by atoms with Crippen molar-refractivity contribution in [1.29, 1.82) is 0 Å². The van der Waals surface area contributed by atoms with Crippen LogP contribution in [-0.4, -0.2) is 29.3 Å². The minimum atomic E-state index is -0.273. The van der Waals surface area contributed by atoms with Crippen molar-refractivity contribution in [3.05, 3.63) is 59.4 Å². The van der Waals surface area contributed by atoms with Gasteiger partial charge in [-0.15, -0.1) is 0 Å². The third kappa shape index (κ3) is 3.08. The number of aromatic nitrogens is 1. The molecule has 0 aliphatic heterocycles. The van der Waals surface area contributed by atoms with E-state index in [1.807, 2.05) is 18.3 Å². The molecule has 3 aliphatic carbocycles. The van der Waals surface area contributed by atoms with Gasteiger partial charge >= 0.3 is 0 Å². The molecule has 29 heavy (non-hydrogen) atoms. The van der Waals surface area contributed by atoms with Crippen molar-refractivity contribution >= 4 is 0 Å². The molecule has 0 amide bonds. The molecule has 1 heterocycles. The maximum atomic E-state index is 11.4. The van der Waals surface area contributed by atoms with Crippen molar-refractivity contribution in [2.45, 2.75) is 63.6 Å². The van der Waals surface area contributed by atoms with E-state index in [0.29, 0.717) is 23.8 Å². The Labute approximate surface area is 173 Å². The maximum absolute atomic E-state index is 11.4. The Kier molecular flexibility index (Phi) is 4.87. The molecule has 0 unspecified atom stereocenters. The number of nitrogens with zero attached hydrogens (tertiary/aromatic N) is 1. The van der Waals surface area contributed by atoms with Crippen LogP contribution in [-0.2, 0) is 13.0 Å². The van der Waals surface area contributed by atoms with Crippen molar-refractivity contribution in [2.75, 3.05) is 7.11 Å². The lowest BCUT2D eigenvalue weighted by atomic mass is 9.54. The van der Waals surface area contributed by atoms with E-state index >= 15 is 0 Å². The largest absolute Gasteiger partial charge is 0.497 e. The van der Waals surface area contributed by atoms with Gasteiger partial charge in [0.25, 0.3) is 0 Å². The zero-order valence-corrected chi connectivity index (χ0v) is 17.5. The first-order valence-electron chi connectivity index (χ1n) is 11.1. The Morgan fingerprint density at radius 3 is 2.90 bits per heavy atom. The summed E-state index contributed by atoms with van der Waals surface area (Å²) in [4.78, 5) is 4.45. The first-order chi connectivity index (χ1) is 14.1.